The van der Waals surface area contributed by atoms with Crippen molar-refractivity contribution in [1.29, 1.82) is 0 Å². The minimum Gasteiger partial charge on any atom is -0.397 e. The summed E-state index contributed by atoms with van der Waals surface area (Å²) in [6.07, 6.45) is 2.11. The number of thioether (sulfide) groups is 1. The van der Waals surface area contributed by atoms with E-state index in [2.05, 4.69) is 10.6 Å². The van der Waals surface area contributed by atoms with Gasteiger partial charge >= 0.3 is 0 Å². The monoisotopic (exact) mass is 295 g/mol. The van der Waals surface area contributed by atoms with Gasteiger partial charge in [-0.2, -0.15) is 11.8 Å². The largest absolute Gasteiger partial charge is 0.397 e. The van der Waals surface area contributed by atoms with Crippen molar-refractivity contribution < 1.29 is 9.90 Å². The lowest BCUT2D eigenvalue weighted by Crippen LogP contribution is -2.19. The molecule has 0 aromatic heterocycles. The fourth-order valence-corrected chi connectivity index (χ4v) is 2.91. The number of aryl methyl sites for hydroxylation is 1. The van der Waals surface area contributed by atoms with Crippen LogP contribution in [0.5, 0.6) is 0 Å². The van der Waals surface area contributed by atoms with Crippen LogP contribution in [0, 0.1) is 0 Å². The van der Waals surface area contributed by atoms with Crippen molar-refractivity contribution in [2.75, 3.05) is 41.0 Å². The average Bonchev–Trinajstić information content (AvgIpc) is 2.43. The Bertz CT molecular complexity index is 480. The highest BCUT2D eigenvalue weighted by Gasteiger charge is 2.16. The number of anilines is 3. The number of amides is 1. The molecule has 1 aromatic carbocycles. The number of carbonyl (C=O) groups excluding carboxylic acids is 1. The van der Waals surface area contributed by atoms with Crippen LogP contribution in [0.1, 0.15) is 18.4 Å². The highest BCUT2D eigenvalue weighted by molar-refractivity contribution is 7.99. The first-order chi connectivity index (χ1) is 9.70. The fraction of sp³-hybridized carbons (Fsp3) is 0.500. The van der Waals surface area contributed by atoms with Gasteiger partial charge in [-0.1, -0.05) is 0 Å². The minimum absolute atomic E-state index is 0.0628. The Balaban J connectivity index is 1.88. The number of nitrogen functional groups attached to an aromatic ring is 1. The molecule has 0 spiro atoms. The van der Waals surface area contributed by atoms with Gasteiger partial charge in [-0.05, 0) is 36.3 Å². The third-order valence-electron chi connectivity index (χ3n) is 3.18. The zero-order valence-corrected chi connectivity index (χ0v) is 12.3. The summed E-state index contributed by atoms with van der Waals surface area (Å²) >= 11 is 1.80. The van der Waals surface area contributed by atoms with E-state index in [-0.39, 0.29) is 12.5 Å². The number of benzene rings is 1. The quantitative estimate of drug-likeness (QED) is 0.454. The van der Waals surface area contributed by atoms with Gasteiger partial charge in [0.15, 0.2) is 0 Å². The van der Waals surface area contributed by atoms with Crippen LogP contribution in [-0.4, -0.2) is 35.7 Å². The van der Waals surface area contributed by atoms with Gasteiger partial charge < -0.3 is 21.5 Å². The Hall–Kier alpha value is -1.40. The van der Waals surface area contributed by atoms with Gasteiger partial charge in [-0.15, -0.1) is 0 Å². The molecule has 0 atom stereocenters. The molecule has 1 aliphatic rings. The summed E-state index contributed by atoms with van der Waals surface area (Å²) in [5, 5.41) is 14.9. The molecule has 0 saturated carbocycles. The van der Waals surface area contributed by atoms with Crippen molar-refractivity contribution in [3.63, 3.8) is 0 Å². The van der Waals surface area contributed by atoms with Crippen LogP contribution in [0.2, 0.25) is 0 Å². The Morgan fingerprint density at radius 3 is 3.00 bits per heavy atom. The molecule has 6 heteroatoms. The van der Waals surface area contributed by atoms with Gasteiger partial charge in [0.05, 0.1) is 11.4 Å². The molecule has 1 aromatic rings. The molecule has 20 heavy (non-hydrogen) atoms. The van der Waals surface area contributed by atoms with Gasteiger partial charge in [0, 0.05) is 31.0 Å². The van der Waals surface area contributed by atoms with Crippen LogP contribution in [0.3, 0.4) is 0 Å². The third kappa shape index (κ3) is 4.05. The van der Waals surface area contributed by atoms with E-state index in [9.17, 15) is 4.79 Å². The second kappa shape index (κ2) is 7.40. The molecule has 1 aliphatic heterocycles. The fourth-order valence-electron chi connectivity index (χ4n) is 2.13. The van der Waals surface area contributed by atoms with Crippen molar-refractivity contribution in [3.05, 3.63) is 17.7 Å². The highest BCUT2D eigenvalue weighted by atomic mass is 32.2. The average molecular weight is 295 g/mol. The molecule has 0 radical (unpaired) electrons. The summed E-state index contributed by atoms with van der Waals surface area (Å²) < 4.78 is 0. The maximum Gasteiger partial charge on any atom is 0.224 e. The molecule has 0 bridgehead atoms. The van der Waals surface area contributed by atoms with Gasteiger partial charge in [0.2, 0.25) is 5.91 Å². The van der Waals surface area contributed by atoms with E-state index in [4.69, 9.17) is 10.8 Å². The number of rotatable bonds is 7. The minimum atomic E-state index is 0.0628. The summed E-state index contributed by atoms with van der Waals surface area (Å²) in [4.78, 5) is 11.4. The van der Waals surface area contributed by atoms with E-state index in [1.165, 1.54) is 0 Å². The second-order valence-corrected chi connectivity index (χ2v) is 5.99. The zero-order chi connectivity index (χ0) is 14.4. The highest BCUT2D eigenvalue weighted by Crippen LogP contribution is 2.30. The predicted octanol–water partition coefficient (Wildman–Crippen LogP) is 1.68. The van der Waals surface area contributed by atoms with Crippen LogP contribution < -0.4 is 16.4 Å². The van der Waals surface area contributed by atoms with E-state index in [1.54, 1.807) is 11.8 Å². The third-order valence-corrected chi connectivity index (χ3v) is 4.25. The molecular formula is C14H21N3O2S. The van der Waals surface area contributed by atoms with Crippen molar-refractivity contribution in [1.82, 2.24) is 0 Å². The van der Waals surface area contributed by atoms with Crippen molar-refractivity contribution >= 4 is 34.7 Å². The van der Waals surface area contributed by atoms with E-state index in [0.717, 1.165) is 53.5 Å². The van der Waals surface area contributed by atoms with Crippen molar-refractivity contribution in [3.8, 4) is 0 Å². The molecule has 5 nitrogen and oxygen atoms in total. The SMILES string of the molecule is Nc1cc2c(cc1NCCSCCCO)NC(=O)CC2. The van der Waals surface area contributed by atoms with E-state index >= 15 is 0 Å². The maximum atomic E-state index is 11.4. The number of aliphatic hydroxyl groups excluding tert-OH is 1. The summed E-state index contributed by atoms with van der Waals surface area (Å²) in [5.74, 6) is 1.99. The standard InChI is InChI=1S/C14H21N3O2S/c15-11-8-10-2-3-14(19)17-12(10)9-13(11)16-4-7-20-6-1-5-18/h8-9,16,18H,1-7,15H2,(H,17,19). The maximum absolute atomic E-state index is 11.4. The number of fused-ring (bicyclic) bond motifs is 1. The van der Waals surface area contributed by atoms with Crippen LogP contribution in [-0.2, 0) is 11.2 Å². The first-order valence-electron chi connectivity index (χ1n) is 6.85. The molecule has 1 heterocycles. The Kier molecular flexibility index (Phi) is 5.55. The summed E-state index contributed by atoms with van der Waals surface area (Å²) in [6.45, 7) is 1.06. The summed E-state index contributed by atoms with van der Waals surface area (Å²) in [6, 6.07) is 3.86. The van der Waals surface area contributed by atoms with E-state index in [0.29, 0.717) is 6.42 Å². The number of carbonyl (C=O) groups is 1. The molecule has 0 fully saturated rings. The van der Waals surface area contributed by atoms with Crippen LogP contribution in [0.15, 0.2) is 12.1 Å². The summed E-state index contributed by atoms with van der Waals surface area (Å²) in [5.41, 5.74) is 9.59. The van der Waals surface area contributed by atoms with Crippen LogP contribution in [0.4, 0.5) is 17.1 Å². The Morgan fingerprint density at radius 1 is 1.35 bits per heavy atom. The Labute approximate surface area is 123 Å². The second-order valence-electron chi connectivity index (χ2n) is 4.76. The number of hydrogen-bond acceptors (Lipinski definition) is 5. The Morgan fingerprint density at radius 2 is 2.20 bits per heavy atom. The van der Waals surface area contributed by atoms with Crippen molar-refractivity contribution in [2.24, 2.45) is 0 Å². The number of nitrogens with one attached hydrogen (secondary N) is 2. The van der Waals surface area contributed by atoms with E-state index in [1.807, 2.05) is 12.1 Å². The smallest absolute Gasteiger partial charge is 0.224 e. The summed E-state index contributed by atoms with van der Waals surface area (Å²) in [7, 11) is 0. The molecule has 0 unspecified atom stereocenters. The van der Waals surface area contributed by atoms with E-state index < -0.39 is 0 Å². The predicted molar refractivity (Wildman–Crippen MR) is 85.3 cm³/mol. The van der Waals surface area contributed by atoms with Gasteiger partial charge in [0.25, 0.3) is 0 Å². The molecule has 1 amide bonds. The molecule has 2 rings (SSSR count). The first kappa shape index (κ1) is 15.0. The molecule has 0 aliphatic carbocycles. The normalized spacial score (nSPS) is 13.8. The van der Waals surface area contributed by atoms with Crippen LogP contribution >= 0.6 is 11.8 Å². The molecule has 5 N–H and O–H groups in total. The lowest BCUT2D eigenvalue weighted by atomic mass is 10.0. The number of hydrogen-bond donors (Lipinski definition) is 4. The molecular weight excluding hydrogens is 274 g/mol. The van der Waals surface area contributed by atoms with Gasteiger partial charge in [0.1, 0.15) is 0 Å². The first-order valence-corrected chi connectivity index (χ1v) is 8.01. The van der Waals surface area contributed by atoms with Gasteiger partial charge in [-0.25, -0.2) is 0 Å². The van der Waals surface area contributed by atoms with Crippen LogP contribution in [0.25, 0.3) is 0 Å². The zero-order valence-electron chi connectivity index (χ0n) is 11.4. The molecule has 110 valence electrons. The topological polar surface area (TPSA) is 87.4 Å². The lowest BCUT2D eigenvalue weighted by Gasteiger charge is -2.19. The number of nitrogens with two attached hydrogens (primary N) is 1. The lowest BCUT2D eigenvalue weighted by molar-refractivity contribution is -0.116. The number of aliphatic hydroxyl groups is 1. The molecule has 0 saturated heterocycles. The van der Waals surface area contributed by atoms with Gasteiger partial charge in [-0.3, -0.25) is 4.79 Å². The van der Waals surface area contributed by atoms with Crippen molar-refractivity contribution in [2.45, 2.75) is 19.3 Å².